The molecule has 1 atom stereocenters. The van der Waals surface area contributed by atoms with Crippen molar-refractivity contribution in [2.24, 2.45) is 4.99 Å². The Morgan fingerprint density at radius 3 is 2.20 bits per heavy atom. The third kappa shape index (κ3) is 5.72. The monoisotopic (exact) mass is 540 g/mol. The first kappa shape index (κ1) is 24.1. The molecule has 0 spiro atoms. The van der Waals surface area contributed by atoms with E-state index in [-0.39, 0.29) is 41.8 Å². The molecule has 0 bridgehead atoms. The number of imide groups is 1. The highest BCUT2D eigenvalue weighted by Gasteiger charge is 2.34. The van der Waals surface area contributed by atoms with Crippen molar-refractivity contribution in [1.29, 1.82) is 0 Å². The fourth-order valence-corrected chi connectivity index (χ4v) is 3.40. The smallest absolute Gasteiger partial charge is 0.261 e. The van der Waals surface area contributed by atoms with Crippen LogP contribution in [-0.4, -0.2) is 42.8 Å². The highest BCUT2D eigenvalue weighted by Crippen LogP contribution is 2.22. The van der Waals surface area contributed by atoms with Crippen LogP contribution in [0, 0.1) is 0 Å². The number of nitrogens with one attached hydrogen (secondary N) is 2. The minimum atomic E-state index is -0.201. The Kier molecular flexibility index (Phi) is 9.10. The molecule has 2 N–H and O–H groups in total. The molecule has 0 aliphatic carbocycles. The second kappa shape index (κ2) is 11.3. The molecule has 0 aromatic heterocycles. The van der Waals surface area contributed by atoms with Crippen molar-refractivity contribution in [1.82, 2.24) is 15.5 Å². The van der Waals surface area contributed by atoms with Gasteiger partial charge in [0.1, 0.15) is 0 Å². The van der Waals surface area contributed by atoms with Crippen LogP contribution in [0.25, 0.3) is 0 Å². The van der Waals surface area contributed by atoms with Crippen LogP contribution in [0.15, 0.2) is 53.5 Å². The first-order valence-electron chi connectivity index (χ1n) is 9.69. The summed E-state index contributed by atoms with van der Waals surface area (Å²) in [5, 5.41) is 7.32. The molecule has 0 saturated heterocycles. The van der Waals surface area contributed by atoms with Gasteiger partial charge in [0.15, 0.2) is 5.96 Å². The average molecular weight is 541 g/mol. The van der Waals surface area contributed by atoms with Gasteiger partial charge in [-0.1, -0.05) is 35.9 Å². The highest BCUT2D eigenvalue weighted by atomic mass is 127. The fourth-order valence-electron chi connectivity index (χ4n) is 3.28. The summed E-state index contributed by atoms with van der Waals surface area (Å²) >= 11 is 5.94. The van der Waals surface area contributed by atoms with E-state index in [0.29, 0.717) is 35.2 Å². The van der Waals surface area contributed by atoms with E-state index in [1.54, 1.807) is 31.3 Å². The maximum atomic E-state index is 12.4. The Bertz CT molecular complexity index is 883. The number of unbranched alkanes of at least 4 members (excludes halogenated alkanes) is 1. The number of carbonyl (C=O) groups is 2. The molecule has 1 aliphatic rings. The van der Waals surface area contributed by atoms with Crippen LogP contribution in [0.5, 0.6) is 0 Å². The molecular formula is C22H26ClIN4O2. The number of fused-ring (bicyclic) bond motifs is 1. The van der Waals surface area contributed by atoms with Crippen LogP contribution in [0.4, 0.5) is 0 Å². The van der Waals surface area contributed by atoms with Crippen LogP contribution in [-0.2, 0) is 0 Å². The number of hydrogen-bond acceptors (Lipinski definition) is 3. The lowest BCUT2D eigenvalue weighted by Gasteiger charge is -2.19. The molecule has 1 aliphatic heterocycles. The Hall–Kier alpha value is -2.13. The van der Waals surface area contributed by atoms with E-state index in [2.05, 4.69) is 22.5 Å². The van der Waals surface area contributed by atoms with Crippen LogP contribution < -0.4 is 10.6 Å². The van der Waals surface area contributed by atoms with Crippen molar-refractivity contribution < 1.29 is 9.59 Å². The maximum Gasteiger partial charge on any atom is 0.261 e. The summed E-state index contributed by atoms with van der Waals surface area (Å²) in [6, 6.07) is 14.7. The molecule has 2 aromatic carbocycles. The van der Waals surface area contributed by atoms with Gasteiger partial charge in [-0.3, -0.25) is 19.5 Å². The molecule has 30 heavy (non-hydrogen) atoms. The molecule has 8 heteroatoms. The van der Waals surface area contributed by atoms with Crippen LogP contribution in [0.1, 0.15) is 52.1 Å². The third-order valence-electron chi connectivity index (χ3n) is 4.93. The first-order chi connectivity index (χ1) is 14.0. The standard InChI is InChI=1S/C22H25ClN4O2.HI/c1-15(16-9-11-17(23)12-10-16)26-22(24-2)25-13-5-6-14-27-20(28)18-7-3-4-8-19(18)21(27)29;/h3-4,7-12,15H,5-6,13-14H2,1-2H3,(H2,24,25,26);1H. The molecular weight excluding hydrogens is 515 g/mol. The SMILES string of the molecule is CN=C(NCCCCN1C(=O)c2ccccc2C1=O)NC(C)c1ccc(Cl)cc1.I. The van der Waals surface area contributed by atoms with Crippen molar-refractivity contribution in [3.8, 4) is 0 Å². The molecule has 2 aromatic rings. The van der Waals surface area contributed by atoms with Crippen molar-refractivity contribution in [3.05, 3.63) is 70.2 Å². The molecule has 1 heterocycles. The number of nitrogens with zero attached hydrogens (tertiary/aromatic N) is 2. The minimum Gasteiger partial charge on any atom is -0.356 e. The van der Waals surface area contributed by atoms with E-state index < -0.39 is 0 Å². The van der Waals surface area contributed by atoms with Crippen molar-refractivity contribution in [2.75, 3.05) is 20.1 Å². The summed E-state index contributed by atoms with van der Waals surface area (Å²) in [4.78, 5) is 30.3. The minimum absolute atomic E-state index is 0. The summed E-state index contributed by atoms with van der Waals surface area (Å²) in [6.07, 6.45) is 1.53. The number of hydrogen-bond donors (Lipinski definition) is 2. The second-order valence-corrected chi connectivity index (χ2v) is 7.37. The highest BCUT2D eigenvalue weighted by molar-refractivity contribution is 14.0. The molecule has 0 saturated carbocycles. The predicted octanol–water partition coefficient (Wildman–Crippen LogP) is 4.26. The zero-order chi connectivity index (χ0) is 20.8. The number of benzene rings is 2. The lowest BCUT2D eigenvalue weighted by Crippen LogP contribution is -2.39. The lowest BCUT2D eigenvalue weighted by atomic mass is 10.1. The predicted molar refractivity (Wildman–Crippen MR) is 131 cm³/mol. The van der Waals surface area contributed by atoms with Crippen LogP contribution in [0.3, 0.4) is 0 Å². The van der Waals surface area contributed by atoms with E-state index >= 15 is 0 Å². The first-order valence-corrected chi connectivity index (χ1v) is 10.1. The second-order valence-electron chi connectivity index (χ2n) is 6.93. The molecule has 1 unspecified atom stereocenters. The summed E-state index contributed by atoms with van der Waals surface area (Å²) in [5.41, 5.74) is 2.11. The molecule has 160 valence electrons. The van der Waals surface area contributed by atoms with E-state index in [1.807, 2.05) is 24.3 Å². The molecule has 6 nitrogen and oxygen atoms in total. The van der Waals surface area contributed by atoms with Crippen molar-refractivity contribution >= 4 is 53.4 Å². The van der Waals surface area contributed by atoms with Crippen molar-refractivity contribution in [2.45, 2.75) is 25.8 Å². The zero-order valence-electron chi connectivity index (χ0n) is 17.0. The van der Waals surface area contributed by atoms with Gasteiger partial charge in [-0.15, -0.1) is 24.0 Å². The number of halogens is 2. The van der Waals surface area contributed by atoms with E-state index in [9.17, 15) is 9.59 Å². The number of rotatable bonds is 7. The van der Waals surface area contributed by atoms with E-state index in [1.165, 1.54) is 4.90 Å². The molecule has 0 radical (unpaired) electrons. The van der Waals surface area contributed by atoms with Crippen LogP contribution >= 0.6 is 35.6 Å². The number of guanidine groups is 1. The Balaban J connectivity index is 0.00000320. The molecule has 2 amide bonds. The van der Waals surface area contributed by atoms with Crippen LogP contribution in [0.2, 0.25) is 5.02 Å². The third-order valence-corrected chi connectivity index (χ3v) is 5.18. The quantitative estimate of drug-likeness (QED) is 0.181. The summed E-state index contributed by atoms with van der Waals surface area (Å²) in [7, 11) is 1.72. The number of amides is 2. The van der Waals surface area contributed by atoms with E-state index in [4.69, 9.17) is 11.6 Å². The van der Waals surface area contributed by atoms with Gasteiger partial charge >= 0.3 is 0 Å². The van der Waals surface area contributed by atoms with E-state index in [0.717, 1.165) is 18.4 Å². The lowest BCUT2D eigenvalue weighted by molar-refractivity contribution is 0.0652. The van der Waals surface area contributed by atoms with Gasteiger partial charge in [-0.25, -0.2) is 0 Å². The molecule has 0 fully saturated rings. The van der Waals surface area contributed by atoms with Gasteiger partial charge in [-0.05, 0) is 49.6 Å². The average Bonchev–Trinajstić information content (AvgIpc) is 2.98. The summed E-state index contributed by atoms with van der Waals surface area (Å²) < 4.78 is 0. The van der Waals surface area contributed by atoms with Gasteiger partial charge in [-0.2, -0.15) is 0 Å². The van der Waals surface area contributed by atoms with Gasteiger partial charge in [0, 0.05) is 25.2 Å². The Morgan fingerprint density at radius 1 is 1.03 bits per heavy atom. The topological polar surface area (TPSA) is 73.8 Å². The largest absolute Gasteiger partial charge is 0.356 e. The summed E-state index contributed by atoms with van der Waals surface area (Å²) in [6.45, 7) is 3.16. The summed E-state index contributed by atoms with van der Waals surface area (Å²) in [5.74, 6) is 0.300. The Labute approximate surface area is 199 Å². The number of carbonyl (C=O) groups excluding carboxylic acids is 2. The van der Waals surface area contributed by atoms with Crippen molar-refractivity contribution in [3.63, 3.8) is 0 Å². The van der Waals surface area contributed by atoms with Gasteiger partial charge < -0.3 is 10.6 Å². The molecule has 3 rings (SSSR count). The van der Waals surface area contributed by atoms with Gasteiger partial charge in [0.05, 0.1) is 17.2 Å². The normalized spacial score (nSPS) is 14.2. The van der Waals surface area contributed by atoms with Gasteiger partial charge in [0.25, 0.3) is 11.8 Å². The fraction of sp³-hybridized carbons (Fsp3) is 0.318. The van der Waals surface area contributed by atoms with Gasteiger partial charge in [0.2, 0.25) is 0 Å². The Morgan fingerprint density at radius 2 is 1.63 bits per heavy atom. The number of aliphatic imine (C=N–C) groups is 1. The maximum absolute atomic E-state index is 12.4. The zero-order valence-corrected chi connectivity index (χ0v) is 20.1.